The molecule has 2 rings (SSSR count). The molecule has 0 unspecified atom stereocenters. The molecule has 0 amide bonds. The highest BCUT2D eigenvalue weighted by atomic mass is 15.1. The molecule has 0 radical (unpaired) electrons. The molecule has 0 aliphatic carbocycles. The number of nitrogens with one attached hydrogen (secondary N) is 1. The zero-order valence-corrected chi connectivity index (χ0v) is 11.4. The predicted molar refractivity (Wildman–Crippen MR) is 76.9 cm³/mol. The molecule has 1 aromatic carbocycles. The molecule has 3 nitrogen and oxygen atoms in total. The Morgan fingerprint density at radius 1 is 1.17 bits per heavy atom. The van der Waals surface area contributed by atoms with Gasteiger partial charge in [0, 0.05) is 13.0 Å². The first-order chi connectivity index (χ1) is 8.86. The van der Waals surface area contributed by atoms with Crippen LogP contribution in [-0.4, -0.2) is 22.6 Å². The molecular weight excluding hydrogens is 222 g/mol. The van der Waals surface area contributed by atoms with E-state index >= 15 is 0 Å². The summed E-state index contributed by atoms with van der Waals surface area (Å²) >= 11 is 0. The quantitative estimate of drug-likeness (QED) is 0.760. The van der Waals surface area contributed by atoms with Gasteiger partial charge in [0.25, 0.3) is 0 Å². The first kappa shape index (κ1) is 13.1. The first-order valence-electron chi connectivity index (χ1n) is 7.01. The summed E-state index contributed by atoms with van der Waals surface area (Å²) in [5.41, 5.74) is 2.40. The molecule has 0 bridgehead atoms. The SMILES string of the molecule is CCNCCCCn1c(CC)nc2ccccc21. The van der Waals surface area contributed by atoms with Gasteiger partial charge in [0.15, 0.2) is 0 Å². The van der Waals surface area contributed by atoms with Gasteiger partial charge in [0.05, 0.1) is 11.0 Å². The van der Waals surface area contributed by atoms with Gasteiger partial charge >= 0.3 is 0 Å². The van der Waals surface area contributed by atoms with Crippen LogP contribution in [0.5, 0.6) is 0 Å². The van der Waals surface area contributed by atoms with Crippen molar-refractivity contribution in [3.8, 4) is 0 Å². The van der Waals surface area contributed by atoms with E-state index in [9.17, 15) is 0 Å². The summed E-state index contributed by atoms with van der Waals surface area (Å²) in [6.45, 7) is 7.59. The van der Waals surface area contributed by atoms with Crippen molar-refractivity contribution in [1.82, 2.24) is 14.9 Å². The molecule has 18 heavy (non-hydrogen) atoms. The second-order valence-electron chi connectivity index (χ2n) is 4.58. The average Bonchev–Trinajstić information content (AvgIpc) is 2.77. The maximum Gasteiger partial charge on any atom is 0.109 e. The van der Waals surface area contributed by atoms with Crippen LogP contribution in [0.15, 0.2) is 24.3 Å². The number of hydrogen-bond acceptors (Lipinski definition) is 2. The van der Waals surface area contributed by atoms with E-state index in [1.807, 2.05) is 0 Å². The van der Waals surface area contributed by atoms with Crippen molar-refractivity contribution in [2.24, 2.45) is 0 Å². The van der Waals surface area contributed by atoms with E-state index in [4.69, 9.17) is 4.98 Å². The number of benzene rings is 1. The standard InChI is InChI=1S/C15H23N3/c1-3-15-17-13-9-5-6-10-14(13)18(15)12-8-7-11-16-4-2/h5-6,9-10,16H,3-4,7-8,11-12H2,1-2H3. The number of rotatable bonds is 7. The van der Waals surface area contributed by atoms with E-state index in [1.165, 1.54) is 24.2 Å². The van der Waals surface area contributed by atoms with Crippen molar-refractivity contribution in [2.75, 3.05) is 13.1 Å². The van der Waals surface area contributed by atoms with E-state index in [0.717, 1.165) is 31.6 Å². The first-order valence-corrected chi connectivity index (χ1v) is 7.01. The van der Waals surface area contributed by atoms with Gasteiger partial charge in [-0.1, -0.05) is 26.0 Å². The number of fused-ring (bicyclic) bond motifs is 1. The van der Waals surface area contributed by atoms with E-state index in [2.05, 4.69) is 48.0 Å². The minimum absolute atomic E-state index is 1.00. The molecule has 0 saturated carbocycles. The minimum Gasteiger partial charge on any atom is -0.328 e. The van der Waals surface area contributed by atoms with Crippen LogP contribution in [0.3, 0.4) is 0 Å². The highest BCUT2D eigenvalue weighted by molar-refractivity contribution is 5.75. The van der Waals surface area contributed by atoms with Gasteiger partial charge < -0.3 is 9.88 Å². The lowest BCUT2D eigenvalue weighted by molar-refractivity contribution is 0.571. The van der Waals surface area contributed by atoms with Crippen molar-refractivity contribution in [3.05, 3.63) is 30.1 Å². The molecule has 0 aliphatic heterocycles. The Kier molecular flexibility index (Phi) is 4.76. The lowest BCUT2D eigenvalue weighted by Crippen LogP contribution is -2.14. The van der Waals surface area contributed by atoms with E-state index in [1.54, 1.807) is 0 Å². The Balaban J connectivity index is 2.06. The number of aromatic nitrogens is 2. The maximum atomic E-state index is 4.69. The van der Waals surface area contributed by atoms with Crippen LogP contribution >= 0.6 is 0 Å². The molecule has 1 aromatic heterocycles. The summed E-state index contributed by atoms with van der Waals surface area (Å²) in [5.74, 6) is 1.21. The number of hydrogen-bond donors (Lipinski definition) is 1. The van der Waals surface area contributed by atoms with Crippen LogP contribution in [-0.2, 0) is 13.0 Å². The minimum atomic E-state index is 1.00. The molecular formula is C15H23N3. The topological polar surface area (TPSA) is 29.9 Å². The van der Waals surface area contributed by atoms with Gasteiger partial charge in [-0.2, -0.15) is 0 Å². The smallest absolute Gasteiger partial charge is 0.109 e. The summed E-state index contributed by atoms with van der Waals surface area (Å²) in [7, 11) is 0. The summed E-state index contributed by atoms with van der Waals surface area (Å²) in [6.07, 6.45) is 3.44. The number of aryl methyl sites for hydroxylation is 2. The lowest BCUT2D eigenvalue weighted by atomic mass is 10.2. The molecule has 0 spiro atoms. The zero-order valence-electron chi connectivity index (χ0n) is 11.4. The summed E-state index contributed by atoms with van der Waals surface area (Å²) in [5, 5.41) is 3.37. The van der Waals surface area contributed by atoms with Crippen LogP contribution < -0.4 is 5.32 Å². The van der Waals surface area contributed by atoms with Crippen LogP contribution in [0.2, 0.25) is 0 Å². The Hall–Kier alpha value is -1.35. The van der Waals surface area contributed by atoms with Gasteiger partial charge in [-0.3, -0.25) is 0 Å². The fourth-order valence-electron chi connectivity index (χ4n) is 2.34. The Bertz CT molecular complexity index is 487. The molecule has 98 valence electrons. The zero-order chi connectivity index (χ0) is 12.8. The highest BCUT2D eigenvalue weighted by Gasteiger charge is 2.07. The third-order valence-electron chi connectivity index (χ3n) is 3.29. The molecule has 0 aliphatic rings. The Labute approximate surface area is 109 Å². The molecule has 1 heterocycles. The second kappa shape index (κ2) is 6.55. The van der Waals surface area contributed by atoms with Crippen LogP contribution in [0.1, 0.15) is 32.5 Å². The third kappa shape index (κ3) is 2.91. The van der Waals surface area contributed by atoms with Crippen molar-refractivity contribution in [1.29, 1.82) is 0 Å². The molecule has 0 saturated heterocycles. The van der Waals surface area contributed by atoms with Crippen LogP contribution in [0.25, 0.3) is 11.0 Å². The van der Waals surface area contributed by atoms with Crippen molar-refractivity contribution in [3.63, 3.8) is 0 Å². The normalized spacial score (nSPS) is 11.2. The van der Waals surface area contributed by atoms with Gasteiger partial charge in [0.1, 0.15) is 5.82 Å². The molecule has 3 heteroatoms. The van der Waals surface area contributed by atoms with E-state index < -0.39 is 0 Å². The second-order valence-corrected chi connectivity index (χ2v) is 4.58. The van der Waals surface area contributed by atoms with Crippen molar-refractivity contribution in [2.45, 2.75) is 39.7 Å². The molecule has 0 atom stereocenters. The highest BCUT2D eigenvalue weighted by Crippen LogP contribution is 2.17. The molecule has 2 aromatic rings. The van der Waals surface area contributed by atoms with Gasteiger partial charge in [-0.05, 0) is 38.1 Å². The lowest BCUT2D eigenvalue weighted by Gasteiger charge is -2.08. The van der Waals surface area contributed by atoms with Gasteiger partial charge in [0.2, 0.25) is 0 Å². The number of unbranched alkanes of at least 4 members (excludes halogenated alkanes) is 1. The van der Waals surface area contributed by atoms with Crippen LogP contribution in [0.4, 0.5) is 0 Å². The van der Waals surface area contributed by atoms with E-state index in [-0.39, 0.29) is 0 Å². The average molecular weight is 245 g/mol. The third-order valence-corrected chi connectivity index (χ3v) is 3.29. The number of para-hydroxylation sites is 2. The summed E-state index contributed by atoms with van der Waals surface area (Å²) in [4.78, 5) is 4.69. The summed E-state index contributed by atoms with van der Waals surface area (Å²) < 4.78 is 2.38. The Morgan fingerprint density at radius 2 is 2.00 bits per heavy atom. The van der Waals surface area contributed by atoms with Crippen LogP contribution in [0, 0.1) is 0 Å². The maximum absolute atomic E-state index is 4.69. The fourth-order valence-corrected chi connectivity index (χ4v) is 2.34. The number of nitrogens with zero attached hydrogens (tertiary/aromatic N) is 2. The van der Waals surface area contributed by atoms with E-state index in [0.29, 0.717) is 0 Å². The largest absolute Gasteiger partial charge is 0.328 e. The number of imidazole rings is 1. The molecule has 1 N–H and O–H groups in total. The monoisotopic (exact) mass is 245 g/mol. The predicted octanol–water partition coefficient (Wildman–Crippen LogP) is 2.99. The van der Waals surface area contributed by atoms with Crippen molar-refractivity contribution >= 4 is 11.0 Å². The molecule has 0 fully saturated rings. The van der Waals surface area contributed by atoms with Gasteiger partial charge in [-0.25, -0.2) is 4.98 Å². The van der Waals surface area contributed by atoms with Gasteiger partial charge in [-0.15, -0.1) is 0 Å². The fraction of sp³-hybridized carbons (Fsp3) is 0.533. The Morgan fingerprint density at radius 3 is 2.78 bits per heavy atom. The summed E-state index contributed by atoms with van der Waals surface area (Å²) in [6, 6.07) is 8.43. The van der Waals surface area contributed by atoms with Crippen molar-refractivity contribution < 1.29 is 0 Å².